The summed E-state index contributed by atoms with van der Waals surface area (Å²) in [6, 6.07) is 5.10. The summed E-state index contributed by atoms with van der Waals surface area (Å²) in [5.41, 5.74) is -0.344. The third-order valence-electron chi connectivity index (χ3n) is 5.38. The zero-order valence-corrected chi connectivity index (χ0v) is 19.0. The lowest BCUT2D eigenvalue weighted by atomic mass is 10.0. The lowest BCUT2D eigenvalue weighted by molar-refractivity contribution is 0.195. The molecule has 0 radical (unpaired) electrons. The first-order valence-electron chi connectivity index (χ1n) is 9.06. The average Bonchev–Trinajstić information content (AvgIpc) is 3.04. The van der Waals surface area contributed by atoms with Crippen molar-refractivity contribution in [1.29, 1.82) is 0 Å². The van der Waals surface area contributed by atoms with Gasteiger partial charge >= 0.3 is 0 Å². The normalized spacial score (nSPS) is 17.3. The van der Waals surface area contributed by atoms with Crippen molar-refractivity contribution in [3.05, 3.63) is 34.0 Å². The van der Waals surface area contributed by atoms with Gasteiger partial charge in [0.05, 0.1) is 4.90 Å². The molecule has 3 rings (SSSR count). The van der Waals surface area contributed by atoms with Crippen LogP contribution < -0.4 is 0 Å². The molecule has 2 aromatic rings. The minimum absolute atomic E-state index is 0.267. The second-order valence-corrected chi connectivity index (χ2v) is 10.8. The highest BCUT2D eigenvalue weighted by atomic mass is 79.9. The fraction of sp³-hybridized carbons (Fsp3) is 0.526. The highest BCUT2D eigenvalue weighted by Gasteiger charge is 2.42. The van der Waals surface area contributed by atoms with Gasteiger partial charge in [0.2, 0.25) is 10.0 Å². The molecule has 8 heteroatoms. The predicted molar refractivity (Wildman–Crippen MR) is 114 cm³/mol. The largest absolute Gasteiger partial charge is 0.308 e. The summed E-state index contributed by atoms with van der Waals surface area (Å²) in [6.45, 7) is 3.21. The van der Waals surface area contributed by atoms with Crippen molar-refractivity contribution in [3.8, 4) is 0 Å². The van der Waals surface area contributed by atoms with Gasteiger partial charge in [-0.25, -0.2) is 13.4 Å². The lowest BCUT2D eigenvalue weighted by Crippen LogP contribution is -2.50. The molecule has 148 valence electrons. The van der Waals surface area contributed by atoms with E-state index in [2.05, 4.69) is 27.8 Å². The van der Waals surface area contributed by atoms with Gasteiger partial charge in [0, 0.05) is 40.1 Å². The summed E-state index contributed by atoms with van der Waals surface area (Å²) in [4.78, 5) is 6.41. The molecule has 1 aliphatic carbocycles. The van der Waals surface area contributed by atoms with Crippen LogP contribution in [0.1, 0.15) is 32.6 Å². The van der Waals surface area contributed by atoms with Gasteiger partial charge in [-0.15, -0.1) is 0 Å². The van der Waals surface area contributed by atoms with Gasteiger partial charge in [-0.1, -0.05) is 30.5 Å². The lowest BCUT2D eigenvalue weighted by Gasteiger charge is -2.38. The van der Waals surface area contributed by atoms with Crippen LogP contribution >= 0.6 is 27.5 Å². The zero-order valence-electron chi connectivity index (χ0n) is 15.9. The Morgan fingerprint density at radius 3 is 2.48 bits per heavy atom. The van der Waals surface area contributed by atoms with Crippen molar-refractivity contribution in [3.63, 3.8) is 0 Å². The highest BCUT2D eigenvalue weighted by Crippen LogP contribution is 2.39. The fourth-order valence-corrected chi connectivity index (χ4v) is 6.30. The molecule has 1 aromatic carbocycles. The summed E-state index contributed by atoms with van der Waals surface area (Å²) in [7, 11) is 0.263. The Balaban J connectivity index is 2.08. The van der Waals surface area contributed by atoms with Gasteiger partial charge in [0.1, 0.15) is 5.15 Å². The van der Waals surface area contributed by atoms with Gasteiger partial charge in [-0.2, -0.15) is 4.31 Å². The summed E-state index contributed by atoms with van der Waals surface area (Å²) < 4.78 is 29.7. The van der Waals surface area contributed by atoms with Crippen LogP contribution in [-0.2, 0) is 10.0 Å². The second kappa shape index (κ2) is 7.95. The zero-order chi connectivity index (χ0) is 19.8. The maximum Gasteiger partial charge on any atom is 0.243 e. The molecule has 0 unspecified atom stereocenters. The van der Waals surface area contributed by atoms with E-state index in [4.69, 9.17) is 11.6 Å². The first kappa shape index (κ1) is 21.0. The molecule has 1 fully saturated rings. The number of aromatic nitrogens is 1. The molecule has 0 aliphatic heterocycles. The third-order valence-corrected chi connectivity index (χ3v) is 8.37. The monoisotopic (exact) mass is 473 g/mol. The van der Waals surface area contributed by atoms with E-state index >= 15 is 0 Å². The van der Waals surface area contributed by atoms with Gasteiger partial charge in [0.15, 0.2) is 0 Å². The molecule has 1 aliphatic rings. The van der Waals surface area contributed by atoms with E-state index in [1.807, 2.05) is 19.0 Å². The van der Waals surface area contributed by atoms with E-state index in [1.165, 1.54) is 0 Å². The molecule has 5 nitrogen and oxygen atoms in total. The average molecular weight is 475 g/mol. The predicted octanol–water partition coefficient (Wildman–Crippen LogP) is 4.54. The van der Waals surface area contributed by atoms with Crippen LogP contribution in [0.3, 0.4) is 0 Å². The fourth-order valence-electron chi connectivity index (χ4n) is 3.80. The molecule has 1 heterocycles. The Morgan fingerprint density at radius 2 is 1.85 bits per heavy atom. The van der Waals surface area contributed by atoms with Crippen molar-refractivity contribution in [2.24, 2.45) is 0 Å². The quantitative estimate of drug-likeness (QED) is 0.577. The maximum atomic E-state index is 13.6. The van der Waals surface area contributed by atoms with Crippen molar-refractivity contribution in [2.75, 3.05) is 27.2 Å². The smallest absolute Gasteiger partial charge is 0.243 e. The number of pyridine rings is 1. The van der Waals surface area contributed by atoms with Crippen LogP contribution in [-0.4, -0.2) is 55.3 Å². The topological polar surface area (TPSA) is 53.5 Å². The minimum Gasteiger partial charge on any atom is -0.308 e. The maximum absolute atomic E-state index is 13.6. The van der Waals surface area contributed by atoms with Gasteiger partial charge in [-0.05, 0) is 61.9 Å². The van der Waals surface area contributed by atoms with E-state index in [0.717, 1.165) is 35.5 Å². The standard InChI is InChI=1S/C19H25BrClN3O2S/c1-19(8-4-5-9-19)24(11-10-23(2)3)27(25,26)14-6-7-15-16(12-14)18(21)22-13-17(15)20/h6-7,12-13H,4-5,8-11H2,1-3H3. The van der Waals surface area contributed by atoms with Crippen LogP contribution in [0.5, 0.6) is 0 Å². The van der Waals surface area contributed by atoms with E-state index in [0.29, 0.717) is 23.6 Å². The summed E-state index contributed by atoms with van der Waals surface area (Å²) in [5, 5.41) is 1.79. The molecule has 0 amide bonds. The number of sulfonamides is 1. The number of hydrogen-bond donors (Lipinski definition) is 0. The molecule has 0 N–H and O–H groups in total. The Labute approximate surface area is 174 Å². The van der Waals surface area contributed by atoms with Crippen molar-refractivity contribution < 1.29 is 8.42 Å². The Kier molecular flexibility index (Phi) is 6.18. The number of hydrogen-bond acceptors (Lipinski definition) is 4. The molecular weight excluding hydrogens is 450 g/mol. The van der Waals surface area contributed by atoms with E-state index in [1.54, 1.807) is 28.7 Å². The number of likely N-dealkylation sites (N-methyl/N-ethyl adjacent to an activating group) is 1. The first-order chi connectivity index (χ1) is 12.6. The first-order valence-corrected chi connectivity index (χ1v) is 11.7. The van der Waals surface area contributed by atoms with E-state index < -0.39 is 10.0 Å². The second-order valence-electron chi connectivity index (χ2n) is 7.69. The molecule has 27 heavy (non-hydrogen) atoms. The van der Waals surface area contributed by atoms with Crippen LogP contribution in [0.4, 0.5) is 0 Å². The van der Waals surface area contributed by atoms with E-state index in [9.17, 15) is 8.42 Å². The molecule has 0 spiro atoms. The van der Waals surface area contributed by atoms with Crippen LogP contribution in [0, 0.1) is 0 Å². The van der Waals surface area contributed by atoms with Gasteiger partial charge in [0.25, 0.3) is 0 Å². The number of rotatable bonds is 6. The molecule has 1 aromatic heterocycles. The molecule has 0 atom stereocenters. The summed E-state index contributed by atoms with van der Waals surface area (Å²) >= 11 is 9.69. The van der Waals surface area contributed by atoms with Crippen molar-refractivity contribution >= 4 is 48.3 Å². The molecular formula is C19H25BrClN3O2S. The van der Waals surface area contributed by atoms with Crippen LogP contribution in [0.25, 0.3) is 10.8 Å². The van der Waals surface area contributed by atoms with Crippen LogP contribution in [0.2, 0.25) is 5.15 Å². The Hall–Kier alpha value is -0.730. The molecule has 0 saturated heterocycles. The van der Waals surface area contributed by atoms with E-state index in [-0.39, 0.29) is 10.4 Å². The third kappa shape index (κ3) is 4.17. The SMILES string of the molecule is CN(C)CCN(C1(C)CCCC1)S(=O)(=O)c1ccc2c(Br)cnc(Cl)c2c1. The highest BCUT2D eigenvalue weighted by molar-refractivity contribution is 9.10. The molecule has 0 bridgehead atoms. The summed E-state index contributed by atoms with van der Waals surface area (Å²) in [5.74, 6) is 0. The van der Waals surface area contributed by atoms with Crippen molar-refractivity contribution in [1.82, 2.24) is 14.2 Å². The van der Waals surface area contributed by atoms with Gasteiger partial charge < -0.3 is 4.90 Å². The van der Waals surface area contributed by atoms with Crippen molar-refractivity contribution in [2.45, 2.75) is 43.0 Å². The number of nitrogens with zero attached hydrogens (tertiary/aromatic N) is 3. The minimum atomic E-state index is -3.65. The van der Waals surface area contributed by atoms with Crippen LogP contribution in [0.15, 0.2) is 33.8 Å². The van der Waals surface area contributed by atoms with Gasteiger partial charge in [-0.3, -0.25) is 0 Å². The Bertz CT molecular complexity index is 943. The number of fused-ring (bicyclic) bond motifs is 1. The number of benzene rings is 1. The number of halogens is 2. The molecule has 1 saturated carbocycles. The summed E-state index contributed by atoms with van der Waals surface area (Å²) in [6.07, 6.45) is 5.53. The Morgan fingerprint density at radius 1 is 1.19 bits per heavy atom.